The highest BCUT2D eigenvalue weighted by Crippen LogP contribution is 2.21. The fraction of sp³-hybridized carbons (Fsp3) is 0.150. The molecule has 0 radical (unpaired) electrons. The highest BCUT2D eigenvalue weighted by atomic mass is 16.1. The Kier molecular flexibility index (Phi) is 3.58. The molecule has 24 heavy (non-hydrogen) atoms. The van der Waals surface area contributed by atoms with Crippen molar-refractivity contribution in [3.8, 4) is 0 Å². The molecule has 0 atom stereocenters. The van der Waals surface area contributed by atoms with Crippen LogP contribution in [0.1, 0.15) is 17.7 Å². The average Bonchev–Trinajstić information content (AvgIpc) is 3.15. The standard InChI is InChI=1S/C20H19N3O/c1-13-10-15-11-16(7-8-18(15)22-13)23-20(24)9-6-14-12-21-19-5-3-2-4-17(14)19/h2-5,7-8,10-12,21-22H,6,9H2,1H3,(H,23,24). The molecule has 0 unspecified atom stereocenters. The Labute approximate surface area is 139 Å². The van der Waals surface area contributed by atoms with Crippen LogP contribution in [0.3, 0.4) is 0 Å². The van der Waals surface area contributed by atoms with Crippen LogP contribution in [0.25, 0.3) is 21.8 Å². The first kappa shape index (κ1) is 14.6. The van der Waals surface area contributed by atoms with Crippen LogP contribution >= 0.6 is 0 Å². The minimum Gasteiger partial charge on any atom is -0.361 e. The van der Waals surface area contributed by atoms with Gasteiger partial charge in [-0.05, 0) is 49.2 Å². The van der Waals surface area contributed by atoms with Crippen molar-refractivity contribution >= 4 is 33.4 Å². The number of amides is 1. The number of hydrogen-bond acceptors (Lipinski definition) is 1. The molecule has 0 aliphatic carbocycles. The highest BCUT2D eigenvalue weighted by molar-refractivity contribution is 5.94. The maximum atomic E-state index is 12.3. The van der Waals surface area contributed by atoms with Gasteiger partial charge in [0, 0.05) is 45.8 Å². The first-order valence-electron chi connectivity index (χ1n) is 8.13. The minimum absolute atomic E-state index is 0.0342. The molecule has 0 fully saturated rings. The Morgan fingerprint density at radius 2 is 1.96 bits per heavy atom. The van der Waals surface area contributed by atoms with Crippen molar-refractivity contribution in [3.63, 3.8) is 0 Å². The van der Waals surface area contributed by atoms with E-state index >= 15 is 0 Å². The summed E-state index contributed by atoms with van der Waals surface area (Å²) in [6.45, 7) is 2.03. The molecule has 0 spiro atoms. The predicted octanol–water partition coefficient (Wildman–Crippen LogP) is 4.53. The summed E-state index contributed by atoms with van der Waals surface area (Å²) in [5.74, 6) is 0.0342. The second-order valence-corrected chi connectivity index (χ2v) is 6.16. The van der Waals surface area contributed by atoms with Crippen molar-refractivity contribution in [3.05, 3.63) is 66.0 Å². The molecule has 4 heteroatoms. The molecule has 0 bridgehead atoms. The number of aryl methyl sites for hydroxylation is 2. The molecule has 0 aliphatic heterocycles. The summed E-state index contributed by atoms with van der Waals surface area (Å²) in [7, 11) is 0. The number of rotatable bonds is 4. The van der Waals surface area contributed by atoms with E-state index in [-0.39, 0.29) is 5.91 Å². The van der Waals surface area contributed by atoms with E-state index in [4.69, 9.17) is 0 Å². The van der Waals surface area contributed by atoms with Crippen LogP contribution in [0.15, 0.2) is 54.7 Å². The van der Waals surface area contributed by atoms with Gasteiger partial charge in [-0.15, -0.1) is 0 Å². The SMILES string of the molecule is Cc1cc2cc(NC(=O)CCc3c[nH]c4ccccc34)ccc2[nH]1. The molecular weight excluding hydrogens is 298 g/mol. The van der Waals surface area contributed by atoms with Gasteiger partial charge >= 0.3 is 0 Å². The van der Waals surface area contributed by atoms with Crippen molar-refractivity contribution in [1.82, 2.24) is 9.97 Å². The van der Waals surface area contributed by atoms with Crippen molar-refractivity contribution in [2.75, 3.05) is 5.32 Å². The molecule has 4 nitrogen and oxygen atoms in total. The van der Waals surface area contributed by atoms with E-state index in [0.29, 0.717) is 6.42 Å². The lowest BCUT2D eigenvalue weighted by Gasteiger charge is -2.05. The van der Waals surface area contributed by atoms with Crippen LogP contribution in [0.2, 0.25) is 0 Å². The Morgan fingerprint density at radius 3 is 2.88 bits per heavy atom. The fourth-order valence-electron chi connectivity index (χ4n) is 3.17. The number of hydrogen-bond donors (Lipinski definition) is 3. The third-order valence-corrected chi connectivity index (χ3v) is 4.34. The van der Waals surface area contributed by atoms with Gasteiger partial charge in [-0.3, -0.25) is 4.79 Å². The van der Waals surface area contributed by atoms with Crippen LogP contribution in [0.4, 0.5) is 5.69 Å². The van der Waals surface area contributed by atoms with E-state index in [1.54, 1.807) is 0 Å². The Bertz CT molecular complexity index is 1030. The Balaban J connectivity index is 1.44. The van der Waals surface area contributed by atoms with Crippen LogP contribution < -0.4 is 5.32 Å². The predicted molar refractivity (Wildman–Crippen MR) is 98.3 cm³/mol. The minimum atomic E-state index is 0.0342. The molecule has 0 saturated heterocycles. The van der Waals surface area contributed by atoms with Gasteiger partial charge < -0.3 is 15.3 Å². The summed E-state index contributed by atoms with van der Waals surface area (Å²) in [6, 6.07) is 16.2. The highest BCUT2D eigenvalue weighted by Gasteiger charge is 2.08. The molecule has 4 rings (SSSR count). The quantitative estimate of drug-likeness (QED) is 0.509. The lowest BCUT2D eigenvalue weighted by atomic mass is 10.1. The molecule has 2 aromatic carbocycles. The van der Waals surface area contributed by atoms with E-state index in [1.165, 1.54) is 10.9 Å². The maximum absolute atomic E-state index is 12.3. The summed E-state index contributed by atoms with van der Waals surface area (Å²) >= 11 is 0. The number of benzene rings is 2. The van der Waals surface area contributed by atoms with E-state index in [9.17, 15) is 4.79 Å². The number of aromatic nitrogens is 2. The zero-order valence-electron chi connectivity index (χ0n) is 13.5. The first-order valence-corrected chi connectivity index (χ1v) is 8.13. The number of para-hydroxylation sites is 1. The van der Waals surface area contributed by atoms with Crippen molar-refractivity contribution in [2.45, 2.75) is 19.8 Å². The molecule has 4 aromatic rings. The number of carbonyl (C=O) groups is 1. The van der Waals surface area contributed by atoms with Crippen LogP contribution in [-0.4, -0.2) is 15.9 Å². The van der Waals surface area contributed by atoms with Crippen molar-refractivity contribution < 1.29 is 4.79 Å². The maximum Gasteiger partial charge on any atom is 0.224 e. The van der Waals surface area contributed by atoms with E-state index in [2.05, 4.69) is 27.4 Å². The van der Waals surface area contributed by atoms with Crippen LogP contribution in [0, 0.1) is 6.92 Å². The monoisotopic (exact) mass is 317 g/mol. The number of anilines is 1. The van der Waals surface area contributed by atoms with Gasteiger partial charge in [0.2, 0.25) is 5.91 Å². The van der Waals surface area contributed by atoms with Crippen LogP contribution in [0.5, 0.6) is 0 Å². The van der Waals surface area contributed by atoms with Gasteiger partial charge in [-0.1, -0.05) is 18.2 Å². The first-order chi connectivity index (χ1) is 11.7. The third-order valence-electron chi connectivity index (χ3n) is 4.34. The number of fused-ring (bicyclic) bond motifs is 2. The van der Waals surface area contributed by atoms with E-state index < -0.39 is 0 Å². The summed E-state index contributed by atoms with van der Waals surface area (Å²) < 4.78 is 0. The second kappa shape index (κ2) is 5.89. The summed E-state index contributed by atoms with van der Waals surface area (Å²) in [5.41, 5.74) is 5.33. The molecule has 2 aromatic heterocycles. The second-order valence-electron chi connectivity index (χ2n) is 6.16. The van der Waals surface area contributed by atoms with Gasteiger partial charge in [0.1, 0.15) is 0 Å². The Hall–Kier alpha value is -3.01. The zero-order chi connectivity index (χ0) is 16.5. The van der Waals surface area contributed by atoms with Crippen LogP contribution in [-0.2, 0) is 11.2 Å². The normalized spacial score (nSPS) is 11.2. The van der Waals surface area contributed by atoms with Crippen molar-refractivity contribution in [2.24, 2.45) is 0 Å². The Morgan fingerprint density at radius 1 is 1.08 bits per heavy atom. The summed E-state index contributed by atoms with van der Waals surface area (Å²) in [4.78, 5) is 18.8. The molecule has 1 amide bonds. The molecule has 120 valence electrons. The average molecular weight is 317 g/mol. The van der Waals surface area contributed by atoms with Gasteiger partial charge in [0.15, 0.2) is 0 Å². The summed E-state index contributed by atoms with van der Waals surface area (Å²) in [5, 5.41) is 5.29. The largest absolute Gasteiger partial charge is 0.361 e. The van der Waals surface area contributed by atoms with Gasteiger partial charge in [0.05, 0.1) is 0 Å². The summed E-state index contributed by atoms with van der Waals surface area (Å²) in [6.07, 6.45) is 3.18. The number of H-pyrrole nitrogens is 2. The topological polar surface area (TPSA) is 60.7 Å². The van der Waals surface area contributed by atoms with Crippen molar-refractivity contribution in [1.29, 1.82) is 0 Å². The van der Waals surface area contributed by atoms with Gasteiger partial charge in [-0.25, -0.2) is 0 Å². The molecule has 2 heterocycles. The zero-order valence-corrected chi connectivity index (χ0v) is 13.5. The molecule has 0 saturated carbocycles. The smallest absolute Gasteiger partial charge is 0.224 e. The number of nitrogens with one attached hydrogen (secondary N) is 3. The number of carbonyl (C=O) groups excluding carboxylic acids is 1. The van der Waals surface area contributed by atoms with E-state index in [1.807, 2.05) is 49.5 Å². The lowest BCUT2D eigenvalue weighted by molar-refractivity contribution is -0.116. The third kappa shape index (κ3) is 2.78. The molecular formula is C20H19N3O. The lowest BCUT2D eigenvalue weighted by Crippen LogP contribution is -2.12. The van der Waals surface area contributed by atoms with Gasteiger partial charge in [-0.2, -0.15) is 0 Å². The van der Waals surface area contributed by atoms with E-state index in [0.717, 1.165) is 34.2 Å². The van der Waals surface area contributed by atoms with Gasteiger partial charge in [0.25, 0.3) is 0 Å². The number of aromatic amines is 2. The fourth-order valence-corrected chi connectivity index (χ4v) is 3.17. The molecule has 3 N–H and O–H groups in total. The molecule has 0 aliphatic rings.